The van der Waals surface area contributed by atoms with Crippen molar-refractivity contribution < 1.29 is 9.53 Å². The van der Waals surface area contributed by atoms with Gasteiger partial charge in [0.2, 0.25) is 11.8 Å². The SMILES string of the molecule is COc1nc(N(C)C)sc1CNCC1CCC(=O)N1. The molecular formula is C12H20N4O2S. The van der Waals surface area contributed by atoms with Crippen molar-refractivity contribution in [3.8, 4) is 5.88 Å². The zero-order valence-electron chi connectivity index (χ0n) is 11.5. The van der Waals surface area contributed by atoms with Gasteiger partial charge >= 0.3 is 0 Å². The Kier molecular flexibility index (Phi) is 4.60. The lowest BCUT2D eigenvalue weighted by Gasteiger charge is -2.10. The number of hydrogen-bond donors (Lipinski definition) is 2. The first-order valence-corrected chi connectivity index (χ1v) is 7.13. The summed E-state index contributed by atoms with van der Waals surface area (Å²) in [7, 11) is 5.56. The van der Waals surface area contributed by atoms with Crippen LogP contribution in [0.1, 0.15) is 17.7 Å². The quantitative estimate of drug-likeness (QED) is 0.800. The fourth-order valence-corrected chi connectivity index (χ4v) is 2.90. The summed E-state index contributed by atoms with van der Waals surface area (Å²) in [5.74, 6) is 0.828. The monoisotopic (exact) mass is 284 g/mol. The Hall–Kier alpha value is -1.34. The van der Waals surface area contributed by atoms with Crippen molar-refractivity contribution in [1.29, 1.82) is 0 Å². The molecule has 0 aromatic carbocycles. The lowest BCUT2D eigenvalue weighted by atomic mass is 10.2. The first-order chi connectivity index (χ1) is 9.10. The molecule has 1 unspecified atom stereocenters. The van der Waals surface area contributed by atoms with E-state index in [2.05, 4.69) is 15.6 Å². The molecule has 106 valence electrons. The van der Waals surface area contributed by atoms with E-state index in [0.29, 0.717) is 18.8 Å². The summed E-state index contributed by atoms with van der Waals surface area (Å²) in [6, 6.07) is 0.250. The highest BCUT2D eigenvalue weighted by atomic mass is 32.1. The molecule has 1 aliphatic heterocycles. The number of amides is 1. The molecule has 19 heavy (non-hydrogen) atoms. The van der Waals surface area contributed by atoms with Gasteiger partial charge in [0.05, 0.1) is 12.0 Å². The number of ether oxygens (including phenoxy) is 1. The van der Waals surface area contributed by atoms with Gasteiger partial charge in [-0.05, 0) is 6.42 Å². The summed E-state index contributed by atoms with van der Waals surface area (Å²) in [5, 5.41) is 7.22. The normalized spacial score (nSPS) is 18.5. The van der Waals surface area contributed by atoms with Crippen molar-refractivity contribution in [2.75, 3.05) is 32.6 Å². The molecule has 1 atom stereocenters. The largest absolute Gasteiger partial charge is 0.480 e. The lowest BCUT2D eigenvalue weighted by molar-refractivity contribution is -0.119. The third kappa shape index (κ3) is 3.57. The maximum atomic E-state index is 11.1. The second kappa shape index (κ2) is 6.21. The van der Waals surface area contributed by atoms with Gasteiger partial charge in [0.1, 0.15) is 0 Å². The van der Waals surface area contributed by atoms with Crippen molar-refractivity contribution in [1.82, 2.24) is 15.6 Å². The van der Waals surface area contributed by atoms with Crippen LogP contribution in [-0.4, -0.2) is 44.7 Å². The van der Waals surface area contributed by atoms with Gasteiger partial charge in [0, 0.05) is 39.6 Å². The van der Waals surface area contributed by atoms with Gasteiger partial charge in [0.15, 0.2) is 5.13 Å². The Morgan fingerprint density at radius 3 is 2.95 bits per heavy atom. The van der Waals surface area contributed by atoms with E-state index in [9.17, 15) is 4.79 Å². The Morgan fingerprint density at radius 1 is 1.58 bits per heavy atom. The second-order valence-electron chi connectivity index (χ2n) is 4.76. The zero-order chi connectivity index (χ0) is 13.8. The number of anilines is 1. The van der Waals surface area contributed by atoms with Crippen LogP contribution < -0.4 is 20.3 Å². The van der Waals surface area contributed by atoms with E-state index in [1.165, 1.54) is 0 Å². The Morgan fingerprint density at radius 2 is 2.37 bits per heavy atom. The topological polar surface area (TPSA) is 66.5 Å². The van der Waals surface area contributed by atoms with Crippen molar-refractivity contribution in [2.24, 2.45) is 0 Å². The Labute approximate surface area is 117 Å². The van der Waals surface area contributed by atoms with E-state index < -0.39 is 0 Å². The standard InChI is InChI=1S/C12H20N4O2S/c1-16(2)12-15-11(18-3)9(19-12)7-13-6-8-4-5-10(17)14-8/h8,13H,4-7H2,1-3H3,(H,14,17). The maximum absolute atomic E-state index is 11.1. The van der Waals surface area contributed by atoms with Crippen LogP contribution in [0.2, 0.25) is 0 Å². The molecule has 0 spiro atoms. The second-order valence-corrected chi connectivity index (χ2v) is 5.82. The molecule has 0 saturated carbocycles. The van der Waals surface area contributed by atoms with Gasteiger partial charge in [-0.2, -0.15) is 4.98 Å². The smallest absolute Gasteiger partial charge is 0.230 e. The molecule has 2 heterocycles. The Balaban J connectivity index is 1.86. The molecular weight excluding hydrogens is 264 g/mol. The molecule has 2 rings (SSSR count). The summed E-state index contributed by atoms with van der Waals surface area (Å²) in [6.45, 7) is 1.49. The van der Waals surface area contributed by atoms with Crippen LogP contribution in [0.4, 0.5) is 5.13 Å². The minimum absolute atomic E-state index is 0.150. The summed E-state index contributed by atoms with van der Waals surface area (Å²) in [5.41, 5.74) is 0. The summed E-state index contributed by atoms with van der Waals surface area (Å²) >= 11 is 1.62. The number of thiazole rings is 1. The fourth-order valence-electron chi connectivity index (χ4n) is 1.98. The molecule has 0 radical (unpaired) electrons. The average molecular weight is 284 g/mol. The van der Waals surface area contributed by atoms with Crippen molar-refractivity contribution in [2.45, 2.75) is 25.4 Å². The van der Waals surface area contributed by atoms with E-state index in [1.807, 2.05) is 19.0 Å². The van der Waals surface area contributed by atoms with Crippen LogP contribution in [-0.2, 0) is 11.3 Å². The number of rotatable bonds is 6. The number of aromatic nitrogens is 1. The number of carbonyl (C=O) groups excluding carboxylic acids is 1. The predicted molar refractivity (Wildman–Crippen MR) is 75.9 cm³/mol. The van der Waals surface area contributed by atoms with Crippen LogP contribution in [0.3, 0.4) is 0 Å². The average Bonchev–Trinajstić information content (AvgIpc) is 2.96. The van der Waals surface area contributed by atoms with Crippen molar-refractivity contribution in [3.05, 3.63) is 4.88 Å². The number of hydrogen-bond acceptors (Lipinski definition) is 6. The molecule has 0 bridgehead atoms. The highest BCUT2D eigenvalue weighted by Crippen LogP contribution is 2.30. The van der Waals surface area contributed by atoms with Gasteiger partial charge in [-0.1, -0.05) is 11.3 Å². The summed E-state index contributed by atoms with van der Waals surface area (Å²) < 4.78 is 5.28. The zero-order valence-corrected chi connectivity index (χ0v) is 12.3. The number of methoxy groups -OCH3 is 1. The molecule has 0 aliphatic carbocycles. The van der Waals surface area contributed by atoms with Gasteiger partial charge in [-0.15, -0.1) is 0 Å². The molecule has 1 fully saturated rings. The summed E-state index contributed by atoms with van der Waals surface area (Å²) in [6.07, 6.45) is 1.55. The molecule has 1 amide bonds. The highest BCUT2D eigenvalue weighted by Gasteiger charge is 2.20. The highest BCUT2D eigenvalue weighted by molar-refractivity contribution is 7.15. The van der Waals surface area contributed by atoms with E-state index in [0.717, 1.165) is 23.0 Å². The van der Waals surface area contributed by atoms with Gasteiger partial charge < -0.3 is 20.3 Å². The van der Waals surface area contributed by atoms with Crippen molar-refractivity contribution in [3.63, 3.8) is 0 Å². The third-order valence-electron chi connectivity index (χ3n) is 2.99. The predicted octanol–water partition coefficient (Wildman–Crippen LogP) is 0.586. The maximum Gasteiger partial charge on any atom is 0.230 e. The van der Waals surface area contributed by atoms with E-state index >= 15 is 0 Å². The van der Waals surface area contributed by atoms with Crippen LogP contribution in [0.5, 0.6) is 5.88 Å². The minimum atomic E-state index is 0.150. The molecule has 1 aliphatic rings. The van der Waals surface area contributed by atoms with Crippen molar-refractivity contribution >= 4 is 22.4 Å². The molecule has 1 saturated heterocycles. The molecule has 1 aromatic rings. The van der Waals surface area contributed by atoms with Crippen LogP contribution in [0.25, 0.3) is 0 Å². The van der Waals surface area contributed by atoms with Crippen LogP contribution >= 0.6 is 11.3 Å². The lowest BCUT2D eigenvalue weighted by Crippen LogP contribution is -2.35. The molecule has 2 N–H and O–H groups in total. The van der Waals surface area contributed by atoms with Crippen LogP contribution in [0, 0.1) is 0 Å². The summed E-state index contributed by atoms with van der Waals surface area (Å²) in [4.78, 5) is 18.5. The van der Waals surface area contributed by atoms with E-state index in [1.54, 1.807) is 18.4 Å². The number of nitrogens with zero attached hydrogens (tertiary/aromatic N) is 2. The fraction of sp³-hybridized carbons (Fsp3) is 0.667. The molecule has 1 aromatic heterocycles. The van der Waals surface area contributed by atoms with Gasteiger partial charge in [-0.3, -0.25) is 4.79 Å². The molecule has 7 heteroatoms. The first kappa shape index (κ1) is 14.1. The molecule has 6 nitrogen and oxygen atoms in total. The number of nitrogens with one attached hydrogen (secondary N) is 2. The van der Waals surface area contributed by atoms with E-state index in [-0.39, 0.29) is 11.9 Å². The number of carbonyl (C=O) groups is 1. The first-order valence-electron chi connectivity index (χ1n) is 6.31. The Bertz CT molecular complexity index is 447. The minimum Gasteiger partial charge on any atom is -0.480 e. The van der Waals surface area contributed by atoms with Gasteiger partial charge in [0.25, 0.3) is 0 Å². The van der Waals surface area contributed by atoms with E-state index in [4.69, 9.17) is 4.74 Å². The third-order valence-corrected chi connectivity index (χ3v) is 4.19. The van der Waals surface area contributed by atoms with Crippen LogP contribution in [0.15, 0.2) is 0 Å². The van der Waals surface area contributed by atoms with Gasteiger partial charge in [-0.25, -0.2) is 0 Å².